The van der Waals surface area contributed by atoms with Gasteiger partial charge in [-0.1, -0.05) is 60.7 Å². The van der Waals surface area contributed by atoms with Crippen molar-refractivity contribution in [2.24, 2.45) is 5.92 Å². The molecule has 0 aliphatic carbocycles. The number of ether oxygens (including phenoxy) is 1. The summed E-state index contributed by atoms with van der Waals surface area (Å²) in [6.45, 7) is 5.75. The minimum atomic E-state index is -0.430. The molecular formula is C35H41IN4O4. The van der Waals surface area contributed by atoms with Crippen molar-refractivity contribution in [3.8, 4) is 11.1 Å². The zero-order valence-electron chi connectivity index (χ0n) is 25.3. The van der Waals surface area contributed by atoms with Gasteiger partial charge in [0.15, 0.2) is 3.79 Å². The number of benzene rings is 3. The van der Waals surface area contributed by atoms with Crippen LogP contribution in [-0.2, 0) is 16.1 Å². The number of carbonyl (C=O) groups is 3. The van der Waals surface area contributed by atoms with Crippen molar-refractivity contribution >= 4 is 44.1 Å². The highest BCUT2D eigenvalue weighted by molar-refractivity contribution is 14.1. The summed E-state index contributed by atoms with van der Waals surface area (Å²) in [4.78, 5) is 43.9. The maximum absolute atomic E-state index is 13.1. The van der Waals surface area contributed by atoms with Crippen LogP contribution in [0.15, 0.2) is 78.9 Å². The quantitative estimate of drug-likeness (QED) is 0.197. The monoisotopic (exact) mass is 708 g/mol. The number of likely N-dealkylation sites (N-methyl/N-ethyl adjacent to an activating group) is 1. The first-order chi connectivity index (χ1) is 21.4. The van der Waals surface area contributed by atoms with Crippen LogP contribution in [0.5, 0.6) is 0 Å². The summed E-state index contributed by atoms with van der Waals surface area (Å²) in [6.07, 6.45) is 2.81. The van der Waals surface area contributed by atoms with E-state index in [0.717, 1.165) is 81.8 Å². The number of hydrogen-bond acceptors (Lipinski definition) is 6. The largest absolute Gasteiger partial charge is 0.446 e. The molecule has 2 heterocycles. The average molecular weight is 709 g/mol. The van der Waals surface area contributed by atoms with E-state index in [1.807, 2.05) is 109 Å². The van der Waals surface area contributed by atoms with Gasteiger partial charge in [-0.2, -0.15) is 0 Å². The van der Waals surface area contributed by atoms with Crippen LogP contribution in [0.1, 0.15) is 41.6 Å². The molecule has 0 saturated carbocycles. The van der Waals surface area contributed by atoms with Crippen molar-refractivity contribution in [2.45, 2.75) is 38.3 Å². The topological polar surface area (TPSA) is 82.2 Å². The summed E-state index contributed by atoms with van der Waals surface area (Å²) in [5, 5.41) is 2.93. The van der Waals surface area contributed by atoms with Gasteiger partial charge in [0.1, 0.15) is 6.10 Å². The molecule has 2 aliphatic heterocycles. The summed E-state index contributed by atoms with van der Waals surface area (Å²) in [7, 11) is 1.85. The predicted octanol–water partition coefficient (Wildman–Crippen LogP) is 6.31. The lowest BCUT2D eigenvalue weighted by Gasteiger charge is -2.32. The molecule has 232 valence electrons. The van der Waals surface area contributed by atoms with Crippen LogP contribution in [0.2, 0.25) is 0 Å². The summed E-state index contributed by atoms with van der Waals surface area (Å²) in [5.74, 6) is 0.214. The third-order valence-electron chi connectivity index (χ3n) is 8.67. The molecule has 0 aromatic heterocycles. The number of nitrogens with zero attached hydrogens (tertiary/aromatic N) is 3. The van der Waals surface area contributed by atoms with Crippen LogP contribution in [0, 0.1) is 5.92 Å². The fourth-order valence-corrected chi connectivity index (χ4v) is 6.57. The Morgan fingerprint density at radius 3 is 2.16 bits per heavy atom. The molecule has 44 heavy (non-hydrogen) atoms. The Hall–Kier alpha value is -3.28. The highest BCUT2D eigenvalue weighted by Crippen LogP contribution is 2.28. The molecule has 2 saturated heterocycles. The van der Waals surface area contributed by atoms with Crippen LogP contribution < -0.4 is 5.32 Å². The molecule has 5 rings (SSSR count). The first kappa shape index (κ1) is 32.1. The second kappa shape index (κ2) is 15.6. The molecule has 8 nitrogen and oxygen atoms in total. The Kier molecular flexibility index (Phi) is 11.4. The summed E-state index contributed by atoms with van der Waals surface area (Å²) in [6, 6.07) is 25.6. The van der Waals surface area contributed by atoms with E-state index in [-0.39, 0.29) is 21.7 Å². The summed E-state index contributed by atoms with van der Waals surface area (Å²) >= 11 is 1.92. The molecule has 0 unspecified atom stereocenters. The number of halogens is 1. The van der Waals surface area contributed by atoms with Gasteiger partial charge in [0.05, 0.1) is 5.69 Å². The van der Waals surface area contributed by atoms with E-state index in [4.69, 9.17) is 4.74 Å². The number of piperidine rings is 2. The van der Waals surface area contributed by atoms with Gasteiger partial charge < -0.3 is 14.5 Å². The maximum Gasteiger partial charge on any atom is 0.411 e. The Bertz CT molecular complexity index is 1400. The second-order valence-electron chi connectivity index (χ2n) is 11.8. The highest BCUT2D eigenvalue weighted by atomic mass is 127. The van der Waals surface area contributed by atoms with Crippen LogP contribution in [0.4, 0.5) is 10.5 Å². The Balaban J connectivity index is 1.01. The molecule has 3 aromatic rings. The molecule has 2 aliphatic rings. The molecule has 3 aromatic carbocycles. The number of amides is 2. The molecule has 9 heteroatoms. The Labute approximate surface area is 273 Å². The number of anilines is 1. The third kappa shape index (κ3) is 8.89. The fourth-order valence-electron chi connectivity index (χ4n) is 5.95. The first-order valence-electron chi connectivity index (χ1n) is 15.5. The van der Waals surface area contributed by atoms with E-state index >= 15 is 0 Å². The molecule has 0 bridgehead atoms. The fraction of sp³-hybridized carbons (Fsp3) is 0.400. The zero-order chi connectivity index (χ0) is 30.9. The second-order valence-corrected chi connectivity index (χ2v) is 12.8. The number of likely N-dealkylation sites (tertiary alicyclic amines) is 2. The van der Waals surface area contributed by atoms with Crippen molar-refractivity contribution < 1.29 is 19.1 Å². The van der Waals surface area contributed by atoms with Gasteiger partial charge in [-0.25, -0.2) is 4.79 Å². The Morgan fingerprint density at radius 2 is 1.48 bits per heavy atom. The average Bonchev–Trinajstić information content (AvgIpc) is 3.05. The first-order valence-corrected chi connectivity index (χ1v) is 16.5. The molecule has 2 amide bonds. The number of carbonyl (C=O) groups excluding carboxylic acids is 3. The zero-order valence-corrected chi connectivity index (χ0v) is 27.4. The number of rotatable bonds is 10. The third-order valence-corrected chi connectivity index (χ3v) is 9.55. The van der Waals surface area contributed by atoms with Gasteiger partial charge in [0.25, 0.3) is 5.91 Å². The standard InChI is InChI=1S/C35H41IN4O4/c1-38(34(42)29-13-11-26(12-14-29)25-40-19-15-28(16-20-40)33(36)41)23-24-39-21-17-30(18-22-39)44-35(43)37-32-10-6-5-9-31(32)27-7-3-2-4-8-27/h2-14,28,30H,15-25H2,1H3,(H,37,43). The van der Waals surface area contributed by atoms with E-state index in [1.54, 1.807) is 4.90 Å². The van der Waals surface area contributed by atoms with E-state index in [2.05, 4.69) is 15.1 Å². The number of para-hydroxylation sites is 1. The minimum Gasteiger partial charge on any atom is -0.446 e. The number of nitrogens with one attached hydrogen (secondary N) is 1. The van der Waals surface area contributed by atoms with E-state index in [1.165, 1.54) is 5.56 Å². The van der Waals surface area contributed by atoms with E-state index in [9.17, 15) is 14.4 Å². The lowest BCUT2D eigenvalue weighted by Crippen LogP contribution is -2.42. The highest BCUT2D eigenvalue weighted by Gasteiger charge is 2.25. The predicted molar refractivity (Wildman–Crippen MR) is 182 cm³/mol. The SMILES string of the molecule is CN(CCN1CCC(OC(=O)Nc2ccccc2-c2ccccc2)CC1)C(=O)c1ccc(CN2CCC(C(=O)I)CC2)cc1. The summed E-state index contributed by atoms with van der Waals surface area (Å²) < 4.78 is 6.04. The van der Waals surface area contributed by atoms with E-state index in [0.29, 0.717) is 12.1 Å². The smallest absolute Gasteiger partial charge is 0.411 e. The molecule has 0 radical (unpaired) electrons. The molecule has 0 atom stereocenters. The Morgan fingerprint density at radius 1 is 0.841 bits per heavy atom. The van der Waals surface area contributed by atoms with E-state index < -0.39 is 6.09 Å². The lowest BCUT2D eigenvalue weighted by molar-refractivity contribution is -0.114. The van der Waals surface area contributed by atoms with Crippen molar-refractivity contribution in [3.63, 3.8) is 0 Å². The van der Waals surface area contributed by atoms with Gasteiger partial charge in [-0.3, -0.25) is 19.8 Å². The van der Waals surface area contributed by atoms with Crippen molar-refractivity contribution in [2.75, 3.05) is 51.6 Å². The normalized spacial score (nSPS) is 16.8. The maximum atomic E-state index is 13.1. The van der Waals surface area contributed by atoms with Crippen LogP contribution in [0.3, 0.4) is 0 Å². The van der Waals surface area contributed by atoms with Crippen LogP contribution in [-0.4, -0.2) is 82.9 Å². The van der Waals surface area contributed by atoms with Crippen molar-refractivity contribution in [3.05, 3.63) is 90.0 Å². The van der Waals surface area contributed by atoms with Crippen LogP contribution in [0.25, 0.3) is 11.1 Å². The minimum absolute atomic E-state index is 0.0172. The number of hydrogen-bond donors (Lipinski definition) is 1. The van der Waals surface area contributed by atoms with Gasteiger partial charge in [0, 0.05) is 56.8 Å². The van der Waals surface area contributed by atoms with Crippen molar-refractivity contribution in [1.29, 1.82) is 0 Å². The van der Waals surface area contributed by atoms with Crippen molar-refractivity contribution in [1.82, 2.24) is 14.7 Å². The van der Waals surface area contributed by atoms with Gasteiger partial charge in [-0.15, -0.1) is 0 Å². The van der Waals surface area contributed by atoms with Gasteiger partial charge in [0.2, 0.25) is 0 Å². The van der Waals surface area contributed by atoms with Gasteiger partial charge in [-0.05, 0) is 90.7 Å². The lowest BCUT2D eigenvalue weighted by atomic mass is 9.98. The molecule has 0 spiro atoms. The van der Waals surface area contributed by atoms with Gasteiger partial charge >= 0.3 is 6.09 Å². The molecule has 1 N–H and O–H groups in total. The van der Waals surface area contributed by atoms with Crippen LogP contribution >= 0.6 is 22.6 Å². The molecule has 2 fully saturated rings. The molecular weight excluding hydrogens is 667 g/mol. The summed E-state index contributed by atoms with van der Waals surface area (Å²) in [5.41, 5.74) is 4.60.